The van der Waals surface area contributed by atoms with Crippen LogP contribution in [-0.2, 0) is 0 Å². The largest absolute Gasteiger partial charge is 0.412 e. The summed E-state index contributed by atoms with van der Waals surface area (Å²) < 4.78 is 0. The molecule has 0 spiro atoms. The summed E-state index contributed by atoms with van der Waals surface area (Å²) >= 11 is 0. The van der Waals surface area contributed by atoms with Gasteiger partial charge in [-0.3, -0.25) is 0 Å². The van der Waals surface area contributed by atoms with Gasteiger partial charge in [0, 0.05) is 2.85 Å². The smallest absolute Gasteiger partial charge is 0 e. The van der Waals surface area contributed by atoms with Crippen molar-refractivity contribution in [1.82, 2.24) is 0 Å². The first kappa shape index (κ1) is 19.0. The van der Waals surface area contributed by atoms with Crippen molar-refractivity contribution < 1.29 is 8.33 Å². The molecule has 1 heteroatoms. The van der Waals surface area contributed by atoms with Gasteiger partial charge in [-0.25, -0.2) is 0 Å². The summed E-state index contributed by atoms with van der Waals surface area (Å²) in [6.07, 6.45) is 15.2. The molecule has 0 aromatic carbocycles. The molecule has 21 heavy (non-hydrogen) atoms. The lowest BCUT2D eigenvalue weighted by atomic mass is 9.67. The monoisotopic (exact) mass is 300 g/mol. The summed E-state index contributed by atoms with van der Waals surface area (Å²) in [6, 6.07) is 0. The highest BCUT2D eigenvalue weighted by atomic mass is 16.0. The summed E-state index contributed by atoms with van der Waals surface area (Å²) in [5.41, 5.74) is 0. The Morgan fingerprint density at radius 1 is 0.762 bits per heavy atom. The topological polar surface area (TPSA) is 31.5 Å². The molecule has 0 heterocycles. The van der Waals surface area contributed by atoms with Gasteiger partial charge in [0.1, 0.15) is 0 Å². The summed E-state index contributed by atoms with van der Waals surface area (Å²) in [7, 11) is 0. The molecule has 1 atom stereocenters. The van der Waals surface area contributed by atoms with E-state index in [1.807, 2.05) is 0 Å². The fraction of sp³-hybridized carbons (Fsp3) is 1.00. The molecule has 2 aliphatic rings. The predicted octanol–water partition coefficient (Wildman–Crippen LogP) is 6.36. The molecule has 1 nitrogen and oxygen atoms in total. The van der Waals surface area contributed by atoms with Crippen LogP contribution in [-0.4, -0.2) is 5.48 Å². The van der Waals surface area contributed by atoms with Gasteiger partial charge < -0.3 is 5.48 Å². The predicted molar refractivity (Wildman–Crippen MR) is 97.6 cm³/mol. The molecule has 0 aromatic rings. The average molecular weight is 301 g/mol. The minimum Gasteiger partial charge on any atom is -0.412 e. The maximum Gasteiger partial charge on any atom is 0 e. The normalized spacial score (nSPS) is 35.3. The Hall–Kier alpha value is -0.0400. The first-order chi connectivity index (χ1) is 9.56. The molecule has 2 saturated carbocycles. The number of hydrogen-bond acceptors (Lipinski definition) is 0. The lowest BCUT2D eigenvalue weighted by Crippen LogP contribution is -2.27. The van der Waals surface area contributed by atoms with Crippen LogP contribution in [0.2, 0.25) is 0 Å². The van der Waals surface area contributed by atoms with E-state index >= 15 is 0 Å². The molecule has 0 bridgehead atoms. The Labute approximate surface area is 136 Å². The van der Waals surface area contributed by atoms with E-state index in [9.17, 15) is 0 Å². The van der Waals surface area contributed by atoms with Gasteiger partial charge in [-0.2, -0.15) is 0 Å². The molecule has 130 valence electrons. The molecule has 0 aromatic heterocycles. The van der Waals surface area contributed by atoms with E-state index in [4.69, 9.17) is 0 Å². The van der Waals surface area contributed by atoms with Gasteiger partial charge in [-0.1, -0.05) is 53.4 Å². The van der Waals surface area contributed by atoms with Crippen LogP contribution >= 0.6 is 0 Å². The Morgan fingerprint density at radius 2 is 1.24 bits per heavy atom. The highest BCUT2D eigenvalue weighted by Gasteiger charge is 2.31. The van der Waals surface area contributed by atoms with Crippen LogP contribution in [0.25, 0.3) is 0 Å². The van der Waals surface area contributed by atoms with E-state index in [2.05, 4.69) is 27.7 Å². The van der Waals surface area contributed by atoms with Gasteiger partial charge in [-0.15, -0.1) is 0 Å². The first-order valence-corrected chi connectivity index (χ1v) is 9.56. The third kappa shape index (κ3) is 5.93. The molecule has 0 amide bonds. The van der Waals surface area contributed by atoms with Crippen LogP contribution in [0.15, 0.2) is 0 Å². The second-order valence-electron chi connectivity index (χ2n) is 8.64. The van der Waals surface area contributed by atoms with Crippen molar-refractivity contribution in [2.75, 3.05) is 0 Å². The molecule has 1 unspecified atom stereocenters. The molecule has 2 rings (SSSR count). The second-order valence-corrected chi connectivity index (χ2v) is 8.64. The number of hydrogen-bond donors (Lipinski definition) is 0. The Bertz CT molecular complexity index is 267. The maximum absolute atomic E-state index is 2.52. The third-order valence-electron chi connectivity index (χ3n) is 6.55. The lowest BCUT2D eigenvalue weighted by Gasteiger charge is -2.39. The van der Waals surface area contributed by atoms with Crippen LogP contribution in [0.5, 0.6) is 0 Å². The van der Waals surface area contributed by atoms with Gasteiger partial charge in [-0.05, 0) is 74.0 Å². The molecule has 2 fully saturated rings. The zero-order chi connectivity index (χ0) is 14.5. The van der Waals surface area contributed by atoms with Gasteiger partial charge in [0.25, 0.3) is 0 Å². The number of rotatable bonds is 5. The van der Waals surface area contributed by atoms with E-state index in [1.165, 1.54) is 38.5 Å². The summed E-state index contributed by atoms with van der Waals surface area (Å²) in [4.78, 5) is 0. The first-order valence-electron chi connectivity index (χ1n) is 9.56. The van der Waals surface area contributed by atoms with Crippen molar-refractivity contribution in [2.24, 2.45) is 35.5 Å². The molecule has 2 aliphatic carbocycles. The fourth-order valence-corrected chi connectivity index (χ4v) is 4.77. The SMILES string of the molecule is CC(C)CCC(C)C1CCC(C2CCC(C)CC2)CC1.O.[HH].[HH]. The Balaban J connectivity index is 0. The zero-order valence-electron chi connectivity index (χ0n) is 15.0. The van der Waals surface area contributed by atoms with E-state index < -0.39 is 0 Å². The van der Waals surface area contributed by atoms with Crippen molar-refractivity contribution >= 4 is 0 Å². The van der Waals surface area contributed by atoms with Crippen molar-refractivity contribution in [1.29, 1.82) is 0 Å². The van der Waals surface area contributed by atoms with Crippen molar-refractivity contribution in [3.8, 4) is 0 Å². The lowest BCUT2D eigenvalue weighted by molar-refractivity contribution is 0.128. The van der Waals surface area contributed by atoms with Gasteiger partial charge in [0.2, 0.25) is 0 Å². The maximum atomic E-state index is 2.52. The van der Waals surface area contributed by atoms with Gasteiger partial charge in [0.05, 0.1) is 0 Å². The van der Waals surface area contributed by atoms with Crippen molar-refractivity contribution in [2.45, 2.75) is 91.9 Å². The third-order valence-corrected chi connectivity index (χ3v) is 6.55. The van der Waals surface area contributed by atoms with Crippen molar-refractivity contribution in [3.63, 3.8) is 0 Å². The molecule has 0 aliphatic heterocycles. The molecular weight excluding hydrogens is 256 g/mol. The molecule has 0 saturated heterocycles. The van der Waals surface area contributed by atoms with E-state index in [0.29, 0.717) is 0 Å². The van der Waals surface area contributed by atoms with Crippen LogP contribution in [0.4, 0.5) is 0 Å². The Kier molecular flexibility index (Phi) is 8.31. The second kappa shape index (κ2) is 9.18. The average Bonchev–Trinajstić information content (AvgIpc) is 2.46. The standard InChI is InChI=1S/C20H38.H2O.2H2/c1-15(2)5-8-17(4)18-11-13-20(14-12-18)19-9-6-16(3)7-10-19;;;/h15-20H,5-14H2,1-4H3;1H2;2*1H. The van der Waals surface area contributed by atoms with Crippen molar-refractivity contribution in [3.05, 3.63) is 0 Å². The highest BCUT2D eigenvalue weighted by molar-refractivity contribution is 4.82. The highest BCUT2D eigenvalue weighted by Crippen LogP contribution is 2.43. The quantitative estimate of drug-likeness (QED) is 0.566. The van der Waals surface area contributed by atoms with Crippen LogP contribution in [0.1, 0.15) is 94.8 Å². The van der Waals surface area contributed by atoms with E-state index in [1.54, 1.807) is 25.7 Å². The minimum absolute atomic E-state index is 0. The fourth-order valence-electron chi connectivity index (χ4n) is 4.77. The minimum atomic E-state index is 0. The van der Waals surface area contributed by atoms with Crippen LogP contribution < -0.4 is 0 Å². The summed E-state index contributed by atoms with van der Waals surface area (Å²) in [5.74, 6) is 6.11. The van der Waals surface area contributed by atoms with Gasteiger partial charge in [0.15, 0.2) is 0 Å². The van der Waals surface area contributed by atoms with E-state index in [0.717, 1.165) is 35.5 Å². The summed E-state index contributed by atoms with van der Waals surface area (Å²) in [5, 5.41) is 0. The summed E-state index contributed by atoms with van der Waals surface area (Å²) in [6.45, 7) is 9.71. The van der Waals surface area contributed by atoms with E-state index in [-0.39, 0.29) is 8.33 Å². The zero-order valence-corrected chi connectivity index (χ0v) is 15.0. The molecular formula is C20H44O. The Morgan fingerprint density at radius 3 is 1.71 bits per heavy atom. The van der Waals surface area contributed by atoms with Crippen LogP contribution in [0.3, 0.4) is 0 Å². The molecule has 2 N–H and O–H groups in total. The molecule has 0 radical (unpaired) electrons. The van der Waals surface area contributed by atoms with Gasteiger partial charge >= 0.3 is 0 Å². The van der Waals surface area contributed by atoms with Crippen LogP contribution in [0, 0.1) is 35.5 Å².